The van der Waals surface area contributed by atoms with Crippen molar-refractivity contribution in [2.45, 2.75) is 90.3 Å². The number of nitrogens with zero attached hydrogens (tertiary/aromatic N) is 8. The van der Waals surface area contributed by atoms with Crippen LogP contribution < -0.4 is 4.90 Å². The number of aliphatic hydroxyl groups is 1. The summed E-state index contributed by atoms with van der Waals surface area (Å²) in [4.78, 5) is 27.1. The maximum atomic E-state index is 12.9. The fourth-order valence-corrected chi connectivity index (χ4v) is 7.61. The fraction of sp³-hybridized carbons (Fsp3) is 0.581. The molecule has 12 nitrogen and oxygen atoms in total. The standard InChI is InChI=1S/C31H42Cl2N8O4Si/c1-31(2,3)45-30(43)39-14-18-8-9-19(15-39)41(18)28-22(16-42)34-26-25(20-10-11-21-23(24(20)32)27(33)38(4)36-21)37-40(29(26)35-28)17-44-12-13-46(5,6)7/h10-11,18-19,42H,8-9,12-17H2,1-7H3/t18-,19+. The van der Waals surface area contributed by atoms with Crippen LogP contribution in [0.4, 0.5) is 10.6 Å². The molecule has 0 unspecified atom stereocenters. The third-order valence-corrected chi connectivity index (χ3v) is 11.0. The van der Waals surface area contributed by atoms with Crippen LogP contribution in [0.2, 0.25) is 35.9 Å². The number of ether oxygens (including phenoxy) is 2. The number of carbonyl (C=O) groups excluding carboxylic acids is 1. The lowest BCUT2D eigenvalue weighted by Crippen LogP contribution is -2.56. The highest BCUT2D eigenvalue weighted by Crippen LogP contribution is 2.41. The van der Waals surface area contributed by atoms with Crippen LogP contribution in [0, 0.1) is 0 Å². The Morgan fingerprint density at radius 2 is 1.78 bits per heavy atom. The van der Waals surface area contributed by atoms with E-state index in [1.807, 2.05) is 32.9 Å². The van der Waals surface area contributed by atoms with Crippen molar-refractivity contribution in [2.75, 3.05) is 24.6 Å². The lowest BCUT2D eigenvalue weighted by Gasteiger charge is -2.42. The Hall–Kier alpha value is -2.97. The van der Waals surface area contributed by atoms with Gasteiger partial charge in [-0.1, -0.05) is 42.8 Å². The van der Waals surface area contributed by atoms with Gasteiger partial charge in [0, 0.05) is 52.5 Å². The third-order valence-electron chi connectivity index (χ3n) is 8.48. The van der Waals surface area contributed by atoms with Crippen LogP contribution >= 0.6 is 23.2 Å². The SMILES string of the molecule is Cn1nc2ccc(-c3nn(COCC[Si](C)(C)C)c4nc(N5[C@@H]6CC[C@H]5CN(C(=O)OC(C)(C)C)C6)c(CO)nc34)c(Cl)c2c1Cl. The summed E-state index contributed by atoms with van der Waals surface area (Å²) in [5.41, 5.74) is 2.71. The molecule has 2 aliphatic rings. The third kappa shape index (κ3) is 6.31. The number of carbonyl (C=O) groups is 1. The molecule has 15 heteroatoms. The number of halogens is 2. The van der Waals surface area contributed by atoms with Gasteiger partial charge < -0.3 is 24.4 Å². The number of aliphatic hydroxyl groups excluding tert-OH is 1. The van der Waals surface area contributed by atoms with Gasteiger partial charge in [0.25, 0.3) is 0 Å². The van der Waals surface area contributed by atoms with E-state index in [9.17, 15) is 9.90 Å². The molecule has 0 spiro atoms. The van der Waals surface area contributed by atoms with E-state index < -0.39 is 13.7 Å². The minimum Gasteiger partial charge on any atom is -0.444 e. The van der Waals surface area contributed by atoms with Gasteiger partial charge in [0.2, 0.25) is 0 Å². The molecule has 2 aliphatic heterocycles. The first-order valence-electron chi connectivity index (χ1n) is 15.7. The highest BCUT2D eigenvalue weighted by atomic mass is 35.5. The first-order valence-corrected chi connectivity index (χ1v) is 20.1. The van der Waals surface area contributed by atoms with Gasteiger partial charge in [-0.25, -0.2) is 19.4 Å². The minimum absolute atomic E-state index is 0.0109. The number of hydrogen-bond acceptors (Lipinski definition) is 9. The second kappa shape index (κ2) is 12.2. The zero-order valence-corrected chi connectivity index (χ0v) is 30.0. The highest BCUT2D eigenvalue weighted by Gasteiger charge is 2.44. The van der Waals surface area contributed by atoms with E-state index in [4.69, 9.17) is 47.7 Å². The number of aryl methyl sites for hydroxylation is 1. The highest BCUT2D eigenvalue weighted by molar-refractivity contribution is 6.76. The van der Waals surface area contributed by atoms with E-state index in [2.05, 4.69) is 29.6 Å². The summed E-state index contributed by atoms with van der Waals surface area (Å²) in [5.74, 6) is 0.595. The van der Waals surface area contributed by atoms with Gasteiger partial charge in [0.05, 0.1) is 22.5 Å². The number of fused-ring (bicyclic) bond motifs is 4. The summed E-state index contributed by atoms with van der Waals surface area (Å²) in [7, 11) is 0.460. The average molecular weight is 690 g/mol. The van der Waals surface area contributed by atoms with Crippen molar-refractivity contribution in [2.24, 2.45) is 7.05 Å². The number of piperazine rings is 1. The second-order valence-electron chi connectivity index (χ2n) is 14.4. The largest absolute Gasteiger partial charge is 0.444 e. The van der Waals surface area contributed by atoms with Gasteiger partial charge >= 0.3 is 6.09 Å². The molecule has 2 bridgehead atoms. The average Bonchev–Trinajstić information content (AvgIpc) is 3.56. The van der Waals surface area contributed by atoms with Gasteiger partial charge in [-0.3, -0.25) is 4.68 Å². The van der Waals surface area contributed by atoms with Gasteiger partial charge in [-0.2, -0.15) is 10.2 Å². The molecule has 1 aromatic carbocycles. The molecule has 0 aliphatic carbocycles. The van der Waals surface area contributed by atoms with Crippen molar-refractivity contribution in [1.29, 1.82) is 0 Å². The Morgan fingerprint density at radius 3 is 2.41 bits per heavy atom. The van der Waals surface area contributed by atoms with E-state index in [0.29, 0.717) is 74.7 Å². The number of benzene rings is 1. The van der Waals surface area contributed by atoms with Crippen molar-refractivity contribution in [3.8, 4) is 11.3 Å². The van der Waals surface area contributed by atoms with Crippen LogP contribution in [0.1, 0.15) is 39.3 Å². The van der Waals surface area contributed by atoms with Crippen molar-refractivity contribution >= 4 is 65.3 Å². The number of hydrogen-bond donors (Lipinski definition) is 1. The quantitative estimate of drug-likeness (QED) is 0.173. The number of amides is 1. The van der Waals surface area contributed by atoms with Gasteiger partial charge in [0.15, 0.2) is 11.5 Å². The number of rotatable bonds is 8. The monoisotopic (exact) mass is 688 g/mol. The van der Waals surface area contributed by atoms with Crippen molar-refractivity contribution in [3.63, 3.8) is 0 Å². The van der Waals surface area contributed by atoms with Crippen molar-refractivity contribution in [3.05, 3.63) is 28.0 Å². The van der Waals surface area contributed by atoms with E-state index in [-0.39, 0.29) is 31.5 Å². The Bertz CT molecular complexity index is 1780. The van der Waals surface area contributed by atoms with Gasteiger partial charge in [0.1, 0.15) is 34.4 Å². The predicted octanol–water partition coefficient (Wildman–Crippen LogP) is 6.08. The molecule has 0 radical (unpaired) electrons. The molecule has 1 amide bonds. The molecule has 2 saturated heterocycles. The Kier molecular flexibility index (Phi) is 8.77. The summed E-state index contributed by atoms with van der Waals surface area (Å²) in [6.07, 6.45) is 1.47. The molecule has 4 aromatic rings. The first-order chi connectivity index (χ1) is 21.6. The Labute approximate surface area is 279 Å². The van der Waals surface area contributed by atoms with Crippen LogP contribution in [0.25, 0.3) is 33.3 Å². The molecule has 0 saturated carbocycles. The summed E-state index contributed by atoms with van der Waals surface area (Å²) in [5, 5.41) is 21.5. The minimum atomic E-state index is -1.30. The molecule has 1 N–H and O–H groups in total. The summed E-state index contributed by atoms with van der Waals surface area (Å²) in [6.45, 7) is 14.0. The molecule has 2 fully saturated rings. The lowest BCUT2D eigenvalue weighted by atomic mass is 10.1. The van der Waals surface area contributed by atoms with Crippen LogP contribution in [0.3, 0.4) is 0 Å². The van der Waals surface area contributed by atoms with Gasteiger partial charge in [-0.05, 0) is 51.8 Å². The van der Waals surface area contributed by atoms with E-state index in [1.54, 1.807) is 21.3 Å². The van der Waals surface area contributed by atoms with Crippen molar-refractivity contribution < 1.29 is 19.4 Å². The maximum absolute atomic E-state index is 12.9. The number of likely N-dealkylation sites (tertiary alicyclic amines) is 1. The molecule has 6 rings (SSSR count). The van der Waals surface area contributed by atoms with Crippen LogP contribution in [-0.4, -0.2) is 91.1 Å². The second-order valence-corrected chi connectivity index (χ2v) is 20.8. The smallest absolute Gasteiger partial charge is 0.410 e. The normalized spacial score (nSPS) is 18.7. The number of aromatic nitrogens is 6. The molecule has 5 heterocycles. The molecule has 3 aromatic heterocycles. The van der Waals surface area contributed by atoms with E-state index in [0.717, 1.165) is 18.9 Å². The molecular weight excluding hydrogens is 647 g/mol. The zero-order valence-electron chi connectivity index (χ0n) is 27.5. The molecule has 46 heavy (non-hydrogen) atoms. The number of anilines is 1. The van der Waals surface area contributed by atoms with Crippen LogP contribution in [0.15, 0.2) is 12.1 Å². The van der Waals surface area contributed by atoms with E-state index in [1.165, 1.54) is 0 Å². The summed E-state index contributed by atoms with van der Waals surface area (Å²) >= 11 is 13.5. The lowest BCUT2D eigenvalue weighted by molar-refractivity contribution is 0.0209. The molecule has 248 valence electrons. The Morgan fingerprint density at radius 1 is 1.09 bits per heavy atom. The van der Waals surface area contributed by atoms with Gasteiger partial charge in [-0.15, -0.1) is 0 Å². The fourth-order valence-electron chi connectivity index (χ4n) is 6.24. The summed E-state index contributed by atoms with van der Waals surface area (Å²) < 4.78 is 15.1. The van der Waals surface area contributed by atoms with Crippen molar-refractivity contribution in [1.82, 2.24) is 34.4 Å². The maximum Gasteiger partial charge on any atom is 0.410 e. The van der Waals surface area contributed by atoms with Crippen LogP contribution in [-0.2, 0) is 29.9 Å². The first kappa shape index (κ1) is 32.9. The van der Waals surface area contributed by atoms with Crippen LogP contribution in [0.5, 0.6) is 0 Å². The Balaban J connectivity index is 1.41. The molecular formula is C31H42Cl2N8O4Si. The zero-order chi connectivity index (χ0) is 33.1. The molecule has 2 atom stereocenters. The predicted molar refractivity (Wildman–Crippen MR) is 182 cm³/mol. The van der Waals surface area contributed by atoms with E-state index >= 15 is 0 Å². The summed E-state index contributed by atoms with van der Waals surface area (Å²) in [6, 6.07) is 4.75. The topological polar surface area (TPSA) is 124 Å².